The van der Waals surface area contributed by atoms with Crippen molar-refractivity contribution in [2.45, 2.75) is 19.8 Å². The van der Waals surface area contributed by atoms with Crippen molar-refractivity contribution >= 4 is 17.3 Å². The first-order valence-corrected chi connectivity index (χ1v) is 7.41. The summed E-state index contributed by atoms with van der Waals surface area (Å²) in [6.45, 7) is 3.15. The van der Waals surface area contributed by atoms with Gasteiger partial charge in [-0.1, -0.05) is 13.3 Å². The Labute approximate surface area is 130 Å². The summed E-state index contributed by atoms with van der Waals surface area (Å²) in [6.07, 6.45) is 5.29. The first-order chi connectivity index (χ1) is 10.6. The summed E-state index contributed by atoms with van der Waals surface area (Å²) in [6, 6.07) is 8.75. The lowest BCUT2D eigenvalue weighted by atomic mass is 10.1. The van der Waals surface area contributed by atoms with Crippen molar-refractivity contribution in [2.75, 3.05) is 23.8 Å². The van der Waals surface area contributed by atoms with Gasteiger partial charge in [0.05, 0.1) is 0 Å². The molecule has 0 fully saturated rings. The summed E-state index contributed by atoms with van der Waals surface area (Å²) in [5.74, 6) is -0.292. The fraction of sp³-hybridized carbons (Fsp3) is 0.294. The molecular weight excluding hydrogens is 278 g/mol. The molecule has 0 aliphatic heterocycles. The number of nitrogens with zero attached hydrogens (tertiary/aromatic N) is 1. The highest BCUT2D eigenvalue weighted by molar-refractivity contribution is 6.04. The minimum atomic E-state index is -0.292. The van der Waals surface area contributed by atoms with Crippen molar-refractivity contribution < 1.29 is 4.79 Å². The first-order valence-electron chi connectivity index (χ1n) is 7.41. The van der Waals surface area contributed by atoms with Gasteiger partial charge in [0, 0.05) is 43.3 Å². The van der Waals surface area contributed by atoms with Gasteiger partial charge in [-0.15, -0.1) is 0 Å². The van der Waals surface area contributed by atoms with Crippen LogP contribution in [-0.4, -0.2) is 24.5 Å². The number of H-pyrrole nitrogens is 1. The number of nitrogens with one attached hydrogen (secondary N) is 2. The highest BCUT2D eigenvalue weighted by Gasteiger charge is 2.08. The molecule has 1 amide bonds. The van der Waals surface area contributed by atoms with Gasteiger partial charge in [-0.3, -0.25) is 9.59 Å². The largest absolute Gasteiger partial charge is 0.375 e. The van der Waals surface area contributed by atoms with Crippen LogP contribution in [0, 0.1) is 0 Å². The lowest BCUT2D eigenvalue weighted by Gasteiger charge is -2.19. The number of rotatable bonds is 6. The van der Waals surface area contributed by atoms with Crippen molar-refractivity contribution in [3.8, 4) is 0 Å². The third kappa shape index (κ3) is 3.97. The molecule has 5 nitrogen and oxygen atoms in total. The van der Waals surface area contributed by atoms with Gasteiger partial charge in [-0.05, 0) is 30.7 Å². The van der Waals surface area contributed by atoms with E-state index in [2.05, 4.69) is 22.1 Å². The molecule has 2 aromatic rings. The third-order valence-electron chi connectivity index (χ3n) is 3.49. The Hall–Kier alpha value is -2.56. The number of amides is 1. The molecule has 5 heteroatoms. The van der Waals surface area contributed by atoms with Crippen LogP contribution in [0.4, 0.5) is 11.4 Å². The zero-order valence-electron chi connectivity index (χ0n) is 12.9. The van der Waals surface area contributed by atoms with Crippen LogP contribution in [-0.2, 0) is 0 Å². The Morgan fingerprint density at radius 3 is 2.59 bits per heavy atom. The molecule has 1 aromatic heterocycles. The van der Waals surface area contributed by atoms with Gasteiger partial charge in [0.25, 0.3) is 5.91 Å². The molecule has 22 heavy (non-hydrogen) atoms. The molecule has 0 saturated heterocycles. The number of pyridine rings is 1. The van der Waals surface area contributed by atoms with Crippen LogP contribution in [0.15, 0.2) is 47.5 Å². The van der Waals surface area contributed by atoms with Crippen molar-refractivity contribution in [3.05, 3.63) is 58.5 Å². The Balaban J connectivity index is 2.05. The zero-order valence-corrected chi connectivity index (χ0v) is 12.9. The van der Waals surface area contributed by atoms with E-state index in [0.29, 0.717) is 5.56 Å². The Morgan fingerprint density at radius 2 is 1.95 bits per heavy atom. The molecule has 0 radical (unpaired) electrons. The predicted molar refractivity (Wildman–Crippen MR) is 89.6 cm³/mol. The Bertz CT molecular complexity index is 677. The highest BCUT2D eigenvalue weighted by Crippen LogP contribution is 2.15. The summed E-state index contributed by atoms with van der Waals surface area (Å²) >= 11 is 0. The Morgan fingerprint density at radius 1 is 1.23 bits per heavy atom. The van der Waals surface area contributed by atoms with E-state index in [1.54, 1.807) is 12.1 Å². The maximum atomic E-state index is 12.1. The summed E-state index contributed by atoms with van der Waals surface area (Å²) in [4.78, 5) is 28.7. The third-order valence-corrected chi connectivity index (χ3v) is 3.49. The van der Waals surface area contributed by atoms with E-state index in [9.17, 15) is 9.59 Å². The van der Waals surface area contributed by atoms with Crippen LogP contribution in [0.1, 0.15) is 30.1 Å². The van der Waals surface area contributed by atoms with Gasteiger partial charge in [-0.2, -0.15) is 0 Å². The van der Waals surface area contributed by atoms with E-state index < -0.39 is 0 Å². The summed E-state index contributed by atoms with van der Waals surface area (Å²) in [7, 11) is 2.04. The van der Waals surface area contributed by atoms with Crippen LogP contribution >= 0.6 is 0 Å². The van der Waals surface area contributed by atoms with Crippen LogP contribution in [0.25, 0.3) is 0 Å². The molecule has 2 N–H and O–H groups in total. The number of carbonyl (C=O) groups is 1. The van der Waals surface area contributed by atoms with E-state index in [4.69, 9.17) is 0 Å². The van der Waals surface area contributed by atoms with Gasteiger partial charge in [0.2, 0.25) is 5.43 Å². The monoisotopic (exact) mass is 299 g/mol. The molecule has 0 spiro atoms. The SMILES string of the molecule is CCCCN(C)c1ccc(C(=O)Nc2c[nH]ccc2=O)cc1. The first kappa shape index (κ1) is 15.8. The van der Waals surface area contributed by atoms with Gasteiger partial charge >= 0.3 is 0 Å². The summed E-state index contributed by atoms with van der Waals surface area (Å²) in [5.41, 5.74) is 1.62. The lowest BCUT2D eigenvalue weighted by Crippen LogP contribution is -2.19. The molecule has 0 atom stereocenters. The second-order valence-corrected chi connectivity index (χ2v) is 5.20. The normalized spacial score (nSPS) is 10.3. The van der Waals surface area contributed by atoms with E-state index in [1.807, 2.05) is 19.2 Å². The average Bonchev–Trinajstić information content (AvgIpc) is 2.55. The number of aromatic amines is 1. The molecular formula is C17H21N3O2. The second-order valence-electron chi connectivity index (χ2n) is 5.20. The molecule has 2 rings (SSSR count). The van der Waals surface area contributed by atoms with E-state index >= 15 is 0 Å². The fourth-order valence-electron chi connectivity index (χ4n) is 2.10. The number of anilines is 2. The highest BCUT2D eigenvalue weighted by atomic mass is 16.2. The number of hydrogen-bond acceptors (Lipinski definition) is 3. The molecule has 0 aliphatic carbocycles. The number of aromatic nitrogens is 1. The van der Waals surface area contributed by atoms with Gasteiger partial charge in [0.1, 0.15) is 5.69 Å². The fourth-order valence-corrected chi connectivity index (χ4v) is 2.10. The minimum absolute atomic E-state index is 0.219. The van der Waals surface area contributed by atoms with Crippen LogP contribution in [0.5, 0.6) is 0 Å². The molecule has 0 unspecified atom stereocenters. The second kappa shape index (κ2) is 7.45. The topological polar surface area (TPSA) is 65.2 Å². The molecule has 0 aliphatic rings. The van der Waals surface area contributed by atoms with Crippen molar-refractivity contribution in [1.82, 2.24) is 4.98 Å². The van der Waals surface area contributed by atoms with E-state index in [1.165, 1.54) is 18.5 Å². The maximum Gasteiger partial charge on any atom is 0.255 e. The van der Waals surface area contributed by atoms with E-state index in [0.717, 1.165) is 25.1 Å². The zero-order chi connectivity index (χ0) is 15.9. The average molecular weight is 299 g/mol. The maximum absolute atomic E-state index is 12.1. The van der Waals surface area contributed by atoms with Crippen molar-refractivity contribution in [1.29, 1.82) is 0 Å². The lowest BCUT2D eigenvalue weighted by molar-refractivity contribution is 0.102. The molecule has 0 saturated carbocycles. The quantitative estimate of drug-likeness (QED) is 0.862. The smallest absolute Gasteiger partial charge is 0.255 e. The number of hydrogen-bond donors (Lipinski definition) is 2. The standard InChI is InChI=1S/C17H21N3O2/c1-3-4-11-20(2)14-7-5-13(6-8-14)17(22)19-15-12-18-10-9-16(15)21/h5-10,12H,3-4,11H2,1-2H3,(H,18,21)(H,19,22). The number of carbonyl (C=O) groups excluding carboxylic acids is 1. The number of benzene rings is 1. The predicted octanol–water partition coefficient (Wildman–Crippen LogP) is 2.86. The molecule has 116 valence electrons. The van der Waals surface area contributed by atoms with Crippen molar-refractivity contribution in [3.63, 3.8) is 0 Å². The van der Waals surface area contributed by atoms with Gasteiger partial charge in [0.15, 0.2) is 0 Å². The minimum Gasteiger partial charge on any atom is -0.375 e. The summed E-state index contributed by atoms with van der Waals surface area (Å²) in [5, 5.41) is 2.61. The summed E-state index contributed by atoms with van der Waals surface area (Å²) < 4.78 is 0. The van der Waals surface area contributed by atoms with Crippen LogP contribution < -0.4 is 15.6 Å². The molecule has 1 heterocycles. The number of unbranched alkanes of at least 4 members (excludes halogenated alkanes) is 1. The van der Waals surface area contributed by atoms with Crippen LogP contribution in [0.3, 0.4) is 0 Å². The van der Waals surface area contributed by atoms with Crippen molar-refractivity contribution in [2.24, 2.45) is 0 Å². The molecule has 1 aromatic carbocycles. The van der Waals surface area contributed by atoms with Gasteiger partial charge < -0.3 is 15.2 Å². The molecule has 0 bridgehead atoms. The van der Waals surface area contributed by atoms with E-state index in [-0.39, 0.29) is 17.0 Å². The van der Waals surface area contributed by atoms with Gasteiger partial charge in [-0.25, -0.2) is 0 Å². The Kier molecular flexibility index (Phi) is 5.36. The van der Waals surface area contributed by atoms with Crippen LogP contribution in [0.2, 0.25) is 0 Å².